The maximum absolute atomic E-state index is 11.7. The first-order valence-corrected chi connectivity index (χ1v) is 6.18. The molecule has 1 aromatic carbocycles. The van der Waals surface area contributed by atoms with Gasteiger partial charge in [0.25, 0.3) is 5.69 Å². The number of nitrogens with zero attached hydrogens (tertiary/aromatic N) is 1. The van der Waals surface area contributed by atoms with Crippen LogP contribution < -0.4 is 4.74 Å². The number of hydrogen-bond acceptors (Lipinski definition) is 4. The molecule has 0 heterocycles. The second-order valence-corrected chi connectivity index (χ2v) is 4.48. The lowest BCUT2D eigenvalue weighted by atomic mass is 9.92. The van der Waals surface area contributed by atoms with Gasteiger partial charge in [0, 0.05) is 6.42 Å². The third kappa shape index (κ3) is 2.99. The fraction of sp³-hybridized carbons (Fsp3) is 0.357. The maximum Gasteiger partial charge on any atom is 0.280 e. The Balaban J connectivity index is 2.41. The van der Waals surface area contributed by atoms with Gasteiger partial charge in [-0.05, 0) is 43.0 Å². The van der Waals surface area contributed by atoms with Gasteiger partial charge in [-0.3, -0.25) is 14.9 Å². The van der Waals surface area contributed by atoms with Gasteiger partial charge in [-0.1, -0.05) is 0 Å². The summed E-state index contributed by atoms with van der Waals surface area (Å²) in [6, 6.07) is 4.65. The topological polar surface area (TPSA) is 69.4 Å². The van der Waals surface area contributed by atoms with Gasteiger partial charge in [0.05, 0.1) is 23.7 Å². The van der Waals surface area contributed by atoms with Gasteiger partial charge in [-0.25, -0.2) is 0 Å². The SMILES string of the molecule is COc1ccc(/C=C2/CCCCC2=O)c([N+](=O)[O-])c1. The third-order valence-electron chi connectivity index (χ3n) is 3.22. The molecule has 0 saturated heterocycles. The molecule has 1 aliphatic carbocycles. The van der Waals surface area contributed by atoms with Crippen molar-refractivity contribution in [2.45, 2.75) is 25.7 Å². The van der Waals surface area contributed by atoms with E-state index in [1.54, 1.807) is 18.2 Å². The summed E-state index contributed by atoms with van der Waals surface area (Å²) in [4.78, 5) is 22.3. The molecule has 0 N–H and O–H groups in total. The molecule has 1 fully saturated rings. The molecule has 0 bridgehead atoms. The molecule has 1 aliphatic rings. The zero-order valence-corrected chi connectivity index (χ0v) is 10.7. The molecular weight excluding hydrogens is 246 g/mol. The Morgan fingerprint density at radius 1 is 1.32 bits per heavy atom. The number of hydrogen-bond donors (Lipinski definition) is 0. The molecule has 5 heteroatoms. The fourth-order valence-electron chi connectivity index (χ4n) is 2.17. The molecule has 19 heavy (non-hydrogen) atoms. The summed E-state index contributed by atoms with van der Waals surface area (Å²) in [5.41, 5.74) is 1.10. The molecule has 0 amide bonds. The van der Waals surface area contributed by atoms with E-state index in [9.17, 15) is 14.9 Å². The largest absolute Gasteiger partial charge is 0.497 e. The average molecular weight is 261 g/mol. The van der Waals surface area contributed by atoms with E-state index >= 15 is 0 Å². The molecule has 1 aromatic rings. The predicted molar refractivity (Wildman–Crippen MR) is 71.1 cm³/mol. The van der Waals surface area contributed by atoms with Crippen LogP contribution in [0, 0.1) is 10.1 Å². The van der Waals surface area contributed by atoms with Crippen LogP contribution in [0.2, 0.25) is 0 Å². The summed E-state index contributed by atoms with van der Waals surface area (Å²) in [6.45, 7) is 0. The normalized spacial score (nSPS) is 17.5. The lowest BCUT2D eigenvalue weighted by Crippen LogP contribution is -2.08. The molecule has 0 aromatic heterocycles. The number of Topliss-reactive ketones (excluding diaryl/α,β-unsaturated/α-hetero) is 1. The highest BCUT2D eigenvalue weighted by molar-refractivity contribution is 6.00. The summed E-state index contributed by atoms with van der Waals surface area (Å²) in [6.07, 6.45) is 4.74. The highest BCUT2D eigenvalue weighted by Gasteiger charge is 2.18. The van der Waals surface area contributed by atoms with Gasteiger partial charge in [-0.2, -0.15) is 0 Å². The number of carbonyl (C=O) groups is 1. The van der Waals surface area contributed by atoms with Crippen molar-refractivity contribution in [1.29, 1.82) is 0 Å². The van der Waals surface area contributed by atoms with Crippen LogP contribution in [0.25, 0.3) is 6.08 Å². The first kappa shape index (κ1) is 13.3. The first-order chi connectivity index (χ1) is 9.11. The van der Waals surface area contributed by atoms with E-state index in [4.69, 9.17) is 4.74 Å². The van der Waals surface area contributed by atoms with Crippen molar-refractivity contribution in [3.05, 3.63) is 39.4 Å². The van der Waals surface area contributed by atoms with Crippen molar-refractivity contribution < 1.29 is 14.5 Å². The monoisotopic (exact) mass is 261 g/mol. The Labute approximate surface area is 111 Å². The summed E-state index contributed by atoms with van der Waals surface area (Å²) in [7, 11) is 1.46. The highest BCUT2D eigenvalue weighted by atomic mass is 16.6. The van der Waals surface area contributed by atoms with Crippen LogP contribution in [-0.4, -0.2) is 17.8 Å². The van der Waals surface area contributed by atoms with Crippen molar-refractivity contribution in [2.24, 2.45) is 0 Å². The molecular formula is C14H15NO4. The highest BCUT2D eigenvalue weighted by Crippen LogP contribution is 2.29. The Morgan fingerprint density at radius 3 is 2.68 bits per heavy atom. The summed E-state index contributed by atoms with van der Waals surface area (Å²) >= 11 is 0. The van der Waals surface area contributed by atoms with E-state index < -0.39 is 4.92 Å². The summed E-state index contributed by atoms with van der Waals surface area (Å²) in [5, 5.41) is 11.0. The van der Waals surface area contributed by atoms with E-state index in [-0.39, 0.29) is 11.5 Å². The van der Waals surface area contributed by atoms with E-state index in [0.29, 0.717) is 29.7 Å². The Hall–Kier alpha value is -2.17. The quantitative estimate of drug-likeness (QED) is 0.476. The number of allylic oxidation sites excluding steroid dienone is 1. The van der Waals surface area contributed by atoms with E-state index in [1.807, 2.05) is 0 Å². The minimum absolute atomic E-state index is 0.0368. The Bertz CT molecular complexity index is 548. The molecule has 1 saturated carbocycles. The van der Waals surface area contributed by atoms with Crippen LogP contribution >= 0.6 is 0 Å². The van der Waals surface area contributed by atoms with Crippen molar-refractivity contribution in [1.82, 2.24) is 0 Å². The van der Waals surface area contributed by atoms with Gasteiger partial charge in [0.1, 0.15) is 5.75 Å². The zero-order chi connectivity index (χ0) is 13.8. The van der Waals surface area contributed by atoms with Gasteiger partial charge < -0.3 is 4.74 Å². The molecule has 100 valence electrons. The van der Waals surface area contributed by atoms with Crippen LogP contribution in [0.15, 0.2) is 23.8 Å². The van der Waals surface area contributed by atoms with E-state index in [0.717, 1.165) is 12.8 Å². The van der Waals surface area contributed by atoms with Crippen molar-refractivity contribution in [3.8, 4) is 5.75 Å². The molecule has 0 spiro atoms. The maximum atomic E-state index is 11.7. The number of benzene rings is 1. The minimum Gasteiger partial charge on any atom is -0.497 e. The average Bonchev–Trinajstić information content (AvgIpc) is 2.41. The van der Waals surface area contributed by atoms with Crippen LogP contribution in [0.3, 0.4) is 0 Å². The van der Waals surface area contributed by atoms with Gasteiger partial charge >= 0.3 is 0 Å². The number of rotatable bonds is 3. The number of methoxy groups -OCH3 is 1. The molecule has 2 rings (SSSR count). The number of ether oxygens (including phenoxy) is 1. The standard InChI is InChI=1S/C14H15NO4/c1-19-12-7-6-10(13(9-12)15(17)18)8-11-4-2-3-5-14(11)16/h6-9H,2-5H2,1H3/b11-8-. The van der Waals surface area contributed by atoms with Crippen molar-refractivity contribution in [2.75, 3.05) is 7.11 Å². The van der Waals surface area contributed by atoms with Gasteiger partial charge in [0.2, 0.25) is 0 Å². The summed E-state index contributed by atoms with van der Waals surface area (Å²) in [5.74, 6) is 0.528. The lowest BCUT2D eigenvalue weighted by molar-refractivity contribution is -0.385. The van der Waals surface area contributed by atoms with Crippen molar-refractivity contribution in [3.63, 3.8) is 0 Å². The number of ketones is 1. The van der Waals surface area contributed by atoms with Crippen LogP contribution in [0.5, 0.6) is 5.75 Å². The molecule has 0 aliphatic heterocycles. The zero-order valence-electron chi connectivity index (χ0n) is 10.7. The number of nitro groups is 1. The Morgan fingerprint density at radius 2 is 2.05 bits per heavy atom. The van der Waals surface area contributed by atoms with Crippen molar-refractivity contribution >= 4 is 17.5 Å². The second-order valence-electron chi connectivity index (χ2n) is 4.48. The number of nitro benzene ring substituents is 1. The predicted octanol–water partition coefficient (Wildman–Crippen LogP) is 3.13. The van der Waals surface area contributed by atoms with Gasteiger partial charge in [-0.15, -0.1) is 0 Å². The van der Waals surface area contributed by atoms with Crippen LogP contribution in [-0.2, 0) is 4.79 Å². The Kier molecular flexibility index (Phi) is 3.94. The minimum atomic E-state index is -0.456. The molecule has 5 nitrogen and oxygen atoms in total. The smallest absolute Gasteiger partial charge is 0.280 e. The molecule has 0 unspecified atom stereocenters. The summed E-state index contributed by atoms with van der Waals surface area (Å²) < 4.78 is 4.98. The lowest BCUT2D eigenvalue weighted by Gasteiger charge is -2.12. The van der Waals surface area contributed by atoms with Crippen LogP contribution in [0.4, 0.5) is 5.69 Å². The van der Waals surface area contributed by atoms with E-state index in [2.05, 4.69) is 0 Å². The first-order valence-electron chi connectivity index (χ1n) is 6.18. The third-order valence-corrected chi connectivity index (χ3v) is 3.22. The van der Waals surface area contributed by atoms with E-state index in [1.165, 1.54) is 13.2 Å². The second kappa shape index (κ2) is 5.65. The van der Waals surface area contributed by atoms with Crippen LogP contribution in [0.1, 0.15) is 31.2 Å². The fourth-order valence-corrected chi connectivity index (χ4v) is 2.17. The number of carbonyl (C=O) groups excluding carboxylic acids is 1. The molecule has 0 atom stereocenters. The van der Waals surface area contributed by atoms with Gasteiger partial charge in [0.15, 0.2) is 5.78 Å². The molecule has 0 radical (unpaired) electrons.